The summed E-state index contributed by atoms with van der Waals surface area (Å²) >= 11 is 0. The Balaban J connectivity index is 1.52. The minimum absolute atomic E-state index is 0.124. The lowest BCUT2D eigenvalue weighted by atomic mass is 10.1. The molecule has 1 heterocycles. The van der Waals surface area contributed by atoms with Crippen LogP contribution in [-0.4, -0.2) is 36.3 Å². The highest BCUT2D eigenvalue weighted by molar-refractivity contribution is 6.07. The number of hydrogen-bond donors (Lipinski definition) is 1. The molecule has 3 aromatic carbocycles. The van der Waals surface area contributed by atoms with E-state index in [0.717, 1.165) is 35.9 Å². The van der Waals surface area contributed by atoms with E-state index in [1.54, 1.807) is 25.1 Å². The van der Waals surface area contributed by atoms with E-state index in [9.17, 15) is 35.9 Å². The van der Waals surface area contributed by atoms with Gasteiger partial charge in [-0.2, -0.15) is 13.2 Å². The van der Waals surface area contributed by atoms with Crippen LogP contribution >= 0.6 is 0 Å². The first-order valence-corrected chi connectivity index (χ1v) is 11.8. The van der Waals surface area contributed by atoms with E-state index in [4.69, 9.17) is 0 Å². The fourth-order valence-corrected chi connectivity index (χ4v) is 4.19. The third-order valence-electron chi connectivity index (χ3n) is 5.98. The Morgan fingerprint density at radius 1 is 0.949 bits per heavy atom. The molecule has 206 valence electrons. The second kappa shape index (κ2) is 10.9. The van der Waals surface area contributed by atoms with E-state index in [2.05, 4.69) is 10.1 Å². The maximum absolute atomic E-state index is 13.4. The molecule has 6 nitrogen and oxygen atoms in total. The number of carbonyl (C=O) groups excluding carboxylic acids is 2. The lowest BCUT2D eigenvalue weighted by Gasteiger charge is -2.36. The zero-order chi connectivity index (χ0) is 28.4. The SMILES string of the molecule is Cc1ccc(N2CCCN(Cc3ccc(OC(F)(F)F)cc3)C2=O)c(NC(=O)c2cccc(C(F)(F)F)c2)c1. The first-order valence-electron chi connectivity index (χ1n) is 11.8. The Hall–Kier alpha value is -4.22. The van der Waals surface area contributed by atoms with E-state index in [-0.39, 0.29) is 23.5 Å². The largest absolute Gasteiger partial charge is 0.573 e. The molecule has 39 heavy (non-hydrogen) atoms. The molecular weight excluding hydrogens is 528 g/mol. The van der Waals surface area contributed by atoms with Crippen molar-refractivity contribution in [2.45, 2.75) is 32.4 Å². The normalized spacial score (nSPS) is 14.4. The number of nitrogens with zero attached hydrogens (tertiary/aromatic N) is 2. The molecule has 4 rings (SSSR count). The summed E-state index contributed by atoms with van der Waals surface area (Å²) in [5.74, 6) is -1.14. The third kappa shape index (κ3) is 7.01. The molecule has 1 fully saturated rings. The summed E-state index contributed by atoms with van der Waals surface area (Å²) in [6.45, 7) is 2.61. The van der Waals surface area contributed by atoms with E-state index >= 15 is 0 Å². The molecular formula is C27H23F6N3O3. The Labute approximate surface area is 219 Å². The van der Waals surface area contributed by atoms with E-state index in [1.807, 2.05) is 0 Å². The highest BCUT2D eigenvalue weighted by Crippen LogP contribution is 2.33. The summed E-state index contributed by atoms with van der Waals surface area (Å²) in [7, 11) is 0. The van der Waals surface area contributed by atoms with Crippen LogP contribution in [0.3, 0.4) is 0 Å². The smallest absolute Gasteiger partial charge is 0.406 e. The van der Waals surface area contributed by atoms with Gasteiger partial charge >= 0.3 is 18.6 Å². The van der Waals surface area contributed by atoms with Crippen LogP contribution in [0.1, 0.15) is 33.5 Å². The third-order valence-corrected chi connectivity index (χ3v) is 5.98. The van der Waals surface area contributed by atoms with Gasteiger partial charge in [-0.1, -0.05) is 24.3 Å². The lowest BCUT2D eigenvalue weighted by molar-refractivity contribution is -0.274. The number of ether oxygens (including phenoxy) is 1. The predicted octanol–water partition coefficient (Wildman–Crippen LogP) is 7.00. The molecule has 0 radical (unpaired) electrons. The van der Waals surface area contributed by atoms with Crippen molar-refractivity contribution < 1.29 is 40.7 Å². The van der Waals surface area contributed by atoms with Crippen molar-refractivity contribution in [3.05, 3.63) is 89.0 Å². The Morgan fingerprint density at radius 2 is 1.67 bits per heavy atom. The number of aryl methyl sites for hydroxylation is 1. The monoisotopic (exact) mass is 551 g/mol. The zero-order valence-corrected chi connectivity index (χ0v) is 20.6. The van der Waals surface area contributed by atoms with Crippen molar-refractivity contribution in [3.63, 3.8) is 0 Å². The highest BCUT2D eigenvalue weighted by atomic mass is 19.4. The van der Waals surface area contributed by atoms with Crippen LogP contribution in [0.5, 0.6) is 5.75 Å². The quantitative estimate of drug-likeness (QED) is 0.336. The summed E-state index contributed by atoms with van der Waals surface area (Å²) in [5.41, 5.74) is 0.800. The Kier molecular flexibility index (Phi) is 7.75. The second-order valence-corrected chi connectivity index (χ2v) is 8.95. The number of urea groups is 1. The van der Waals surface area contributed by atoms with Crippen molar-refractivity contribution in [1.82, 2.24) is 4.90 Å². The maximum Gasteiger partial charge on any atom is 0.573 e. The second-order valence-electron chi connectivity index (χ2n) is 8.95. The molecule has 0 aliphatic carbocycles. The maximum atomic E-state index is 13.4. The minimum Gasteiger partial charge on any atom is -0.406 e. The first-order chi connectivity index (χ1) is 18.3. The number of benzene rings is 3. The summed E-state index contributed by atoms with van der Waals surface area (Å²) in [6.07, 6.45) is -8.86. The van der Waals surface area contributed by atoms with Gasteiger partial charge in [0.2, 0.25) is 0 Å². The average Bonchev–Trinajstić information content (AvgIpc) is 2.85. The molecule has 1 saturated heterocycles. The molecule has 12 heteroatoms. The predicted molar refractivity (Wildman–Crippen MR) is 131 cm³/mol. The van der Waals surface area contributed by atoms with Crippen molar-refractivity contribution >= 4 is 23.3 Å². The molecule has 0 bridgehead atoms. The molecule has 1 aliphatic heterocycles. The van der Waals surface area contributed by atoms with Crippen molar-refractivity contribution in [1.29, 1.82) is 0 Å². The van der Waals surface area contributed by atoms with Gasteiger partial charge in [0.15, 0.2) is 0 Å². The lowest BCUT2D eigenvalue weighted by Crippen LogP contribution is -2.49. The van der Waals surface area contributed by atoms with Crippen molar-refractivity contribution in [3.8, 4) is 5.75 Å². The standard InChI is InChI=1S/C27H23F6N3O3/c1-17-6-11-23(22(14-17)34-24(37)19-4-2-5-20(15-19)26(28,29)30)36-13-3-12-35(25(36)38)16-18-7-9-21(10-8-18)39-27(31,32)33/h2,4-11,14-15H,3,12-13,16H2,1H3,(H,34,37). The van der Waals surface area contributed by atoms with E-state index in [1.165, 1.54) is 28.0 Å². The van der Waals surface area contributed by atoms with Gasteiger partial charge < -0.3 is 15.0 Å². The Morgan fingerprint density at radius 3 is 2.33 bits per heavy atom. The number of alkyl halides is 6. The van der Waals surface area contributed by atoms with E-state index in [0.29, 0.717) is 30.8 Å². The summed E-state index contributed by atoms with van der Waals surface area (Å²) in [5, 5.41) is 2.63. The van der Waals surface area contributed by atoms with Gasteiger partial charge in [-0.25, -0.2) is 4.79 Å². The van der Waals surface area contributed by atoms with Gasteiger partial charge in [-0.3, -0.25) is 9.69 Å². The summed E-state index contributed by atoms with van der Waals surface area (Å²) in [6, 6.07) is 13.8. The van der Waals surface area contributed by atoms with Crippen LogP contribution in [0.15, 0.2) is 66.7 Å². The van der Waals surface area contributed by atoms with Gasteiger partial charge in [0.25, 0.3) is 5.91 Å². The van der Waals surface area contributed by atoms with Crippen molar-refractivity contribution in [2.75, 3.05) is 23.3 Å². The fourth-order valence-electron chi connectivity index (χ4n) is 4.19. The van der Waals surface area contributed by atoms with Gasteiger partial charge in [-0.05, 0) is 66.9 Å². The summed E-state index contributed by atoms with van der Waals surface area (Å²) in [4.78, 5) is 29.2. The molecule has 1 N–H and O–H groups in total. The minimum atomic E-state index is -4.81. The fraction of sp³-hybridized carbons (Fsp3) is 0.259. The first kappa shape index (κ1) is 27.8. The average molecular weight is 551 g/mol. The van der Waals surface area contributed by atoms with Crippen LogP contribution < -0.4 is 15.0 Å². The molecule has 0 spiro atoms. The number of carbonyl (C=O) groups is 2. The molecule has 0 unspecified atom stereocenters. The van der Waals surface area contributed by atoms with Crippen LogP contribution in [-0.2, 0) is 12.7 Å². The number of nitrogens with one attached hydrogen (secondary N) is 1. The highest BCUT2D eigenvalue weighted by Gasteiger charge is 2.33. The van der Waals surface area contributed by atoms with Crippen LogP contribution in [0, 0.1) is 6.92 Å². The topological polar surface area (TPSA) is 61.9 Å². The molecule has 0 saturated carbocycles. The van der Waals surface area contributed by atoms with Crippen molar-refractivity contribution in [2.24, 2.45) is 0 Å². The molecule has 0 aromatic heterocycles. The zero-order valence-electron chi connectivity index (χ0n) is 20.6. The molecule has 3 aromatic rings. The molecule has 0 atom stereocenters. The number of halogens is 6. The van der Waals surface area contributed by atoms with Gasteiger partial charge in [0, 0.05) is 25.2 Å². The molecule has 3 amide bonds. The number of rotatable bonds is 6. The molecule has 1 aliphatic rings. The van der Waals surface area contributed by atoms with Crippen LogP contribution in [0.25, 0.3) is 0 Å². The Bertz CT molecular complexity index is 1360. The van der Waals surface area contributed by atoms with Gasteiger partial charge in [0.05, 0.1) is 16.9 Å². The number of anilines is 2. The van der Waals surface area contributed by atoms with E-state index < -0.39 is 30.0 Å². The summed E-state index contributed by atoms with van der Waals surface area (Å²) < 4.78 is 80.4. The number of hydrogen-bond acceptors (Lipinski definition) is 3. The van der Waals surface area contributed by atoms with Gasteiger partial charge in [-0.15, -0.1) is 13.2 Å². The van der Waals surface area contributed by atoms with Crippen LogP contribution in [0.2, 0.25) is 0 Å². The van der Waals surface area contributed by atoms with Gasteiger partial charge in [0.1, 0.15) is 5.75 Å². The van der Waals surface area contributed by atoms with Crippen LogP contribution in [0.4, 0.5) is 42.5 Å². The number of amides is 3.